The van der Waals surface area contributed by atoms with E-state index in [9.17, 15) is 0 Å². The summed E-state index contributed by atoms with van der Waals surface area (Å²) in [5, 5.41) is 9.57. The number of hydrogen-bond acceptors (Lipinski definition) is 3. The molecule has 0 saturated heterocycles. The minimum Gasteiger partial charge on any atom is -0.456 e. The molecular weight excluding hydrogens is 683 g/mol. The fourth-order valence-corrected chi connectivity index (χ4v) is 8.90. The maximum Gasteiger partial charge on any atom is 0.162 e. The largest absolute Gasteiger partial charge is 0.456 e. The molecule has 0 radical (unpaired) electrons. The highest BCUT2D eigenvalue weighted by Crippen LogP contribution is 2.47. The Morgan fingerprint density at radius 3 is 1.75 bits per heavy atom. The molecule has 260 valence electrons. The average molecular weight is 714 g/mol. The van der Waals surface area contributed by atoms with Gasteiger partial charge in [-0.2, -0.15) is 0 Å². The second-order valence-corrected chi connectivity index (χ2v) is 14.5. The molecule has 56 heavy (non-hydrogen) atoms. The molecule has 0 unspecified atom stereocenters. The highest BCUT2D eigenvalue weighted by molar-refractivity contribution is 6.35. The van der Waals surface area contributed by atoms with Crippen molar-refractivity contribution in [1.82, 2.24) is 14.5 Å². The van der Waals surface area contributed by atoms with Crippen LogP contribution in [0, 0.1) is 0 Å². The molecule has 0 aliphatic heterocycles. The van der Waals surface area contributed by atoms with E-state index in [-0.39, 0.29) is 0 Å². The van der Waals surface area contributed by atoms with E-state index in [0.29, 0.717) is 5.82 Å². The number of hydrogen-bond donors (Lipinski definition) is 0. The minimum absolute atomic E-state index is 0.684. The molecule has 0 spiro atoms. The zero-order valence-electron chi connectivity index (χ0n) is 30.1. The smallest absolute Gasteiger partial charge is 0.162 e. The van der Waals surface area contributed by atoms with Gasteiger partial charge in [0.15, 0.2) is 5.82 Å². The van der Waals surface area contributed by atoms with Gasteiger partial charge in [0, 0.05) is 38.7 Å². The first-order valence-electron chi connectivity index (χ1n) is 19.0. The molecule has 0 amide bonds. The Labute approximate surface area is 321 Å². The van der Waals surface area contributed by atoms with E-state index in [0.717, 1.165) is 56.0 Å². The number of fused-ring (bicyclic) bond motifs is 6. The maximum atomic E-state index is 6.60. The molecule has 4 nitrogen and oxygen atoms in total. The summed E-state index contributed by atoms with van der Waals surface area (Å²) < 4.78 is 8.87. The minimum atomic E-state index is 0.684. The van der Waals surface area contributed by atoms with Gasteiger partial charge in [-0.3, -0.25) is 4.57 Å². The SMILES string of the molecule is c1ccc(-c2cc3oc4cccc5c6c(-c7cccc(-c8cc(-n9c%10ccccc%10c%10ccccc%109)nc(-c9ccccc9)n8)c7)cccc6c(c2)c3c45)cc1. The van der Waals surface area contributed by atoms with Crippen LogP contribution in [0.15, 0.2) is 192 Å². The zero-order chi connectivity index (χ0) is 36.7. The van der Waals surface area contributed by atoms with Crippen LogP contribution in [-0.4, -0.2) is 14.5 Å². The van der Waals surface area contributed by atoms with Crippen LogP contribution in [-0.2, 0) is 0 Å². The van der Waals surface area contributed by atoms with Crippen LogP contribution in [0.5, 0.6) is 0 Å². The van der Waals surface area contributed by atoms with Gasteiger partial charge in [-0.05, 0) is 80.2 Å². The van der Waals surface area contributed by atoms with Crippen molar-refractivity contribution in [1.29, 1.82) is 0 Å². The molecule has 0 N–H and O–H groups in total. The predicted molar refractivity (Wildman–Crippen MR) is 232 cm³/mol. The van der Waals surface area contributed by atoms with Gasteiger partial charge in [-0.15, -0.1) is 0 Å². The van der Waals surface area contributed by atoms with Crippen molar-refractivity contribution in [2.45, 2.75) is 0 Å². The van der Waals surface area contributed by atoms with Crippen LogP contribution in [0.1, 0.15) is 0 Å². The summed E-state index contributed by atoms with van der Waals surface area (Å²) in [6.45, 7) is 0. The molecule has 4 heteroatoms. The lowest BCUT2D eigenvalue weighted by Crippen LogP contribution is -2.02. The van der Waals surface area contributed by atoms with E-state index in [4.69, 9.17) is 14.4 Å². The van der Waals surface area contributed by atoms with Gasteiger partial charge < -0.3 is 4.42 Å². The first-order chi connectivity index (χ1) is 27.8. The van der Waals surface area contributed by atoms with E-state index in [1.54, 1.807) is 0 Å². The Bertz CT molecular complexity index is 3420. The van der Waals surface area contributed by atoms with Gasteiger partial charge in [-0.25, -0.2) is 9.97 Å². The molecule has 0 atom stereocenters. The van der Waals surface area contributed by atoms with Crippen molar-refractivity contribution in [3.05, 3.63) is 188 Å². The van der Waals surface area contributed by atoms with Crippen LogP contribution < -0.4 is 0 Å². The lowest BCUT2D eigenvalue weighted by Gasteiger charge is -2.15. The van der Waals surface area contributed by atoms with E-state index in [1.807, 2.05) is 18.2 Å². The van der Waals surface area contributed by atoms with Gasteiger partial charge in [0.25, 0.3) is 0 Å². The molecule has 0 aliphatic rings. The summed E-state index contributed by atoms with van der Waals surface area (Å²) in [6.07, 6.45) is 0. The fraction of sp³-hybridized carbons (Fsp3) is 0. The van der Waals surface area contributed by atoms with Gasteiger partial charge in [0.05, 0.1) is 16.7 Å². The van der Waals surface area contributed by atoms with Gasteiger partial charge >= 0.3 is 0 Å². The normalized spacial score (nSPS) is 11.9. The summed E-state index contributed by atoms with van der Waals surface area (Å²) in [5.74, 6) is 1.51. The summed E-state index contributed by atoms with van der Waals surface area (Å²) in [6, 6.07) is 66.6. The zero-order valence-corrected chi connectivity index (χ0v) is 30.1. The topological polar surface area (TPSA) is 43.9 Å². The molecule has 0 aliphatic carbocycles. The second-order valence-electron chi connectivity index (χ2n) is 14.5. The molecule has 3 aromatic heterocycles. The van der Waals surface area contributed by atoms with Crippen molar-refractivity contribution in [3.8, 4) is 50.7 Å². The molecule has 3 heterocycles. The van der Waals surface area contributed by atoms with Crippen LogP contribution in [0.25, 0.3) is 116 Å². The van der Waals surface area contributed by atoms with Crippen molar-refractivity contribution >= 4 is 65.3 Å². The summed E-state index contributed by atoms with van der Waals surface area (Å²) in [5.41, 5.74) is 11.5. The van der Waals surface area contributed by atoms with Gasteiger partial charge in [0.2, 0.25) is 0 Å². The van der Waals surface area contributed by atoms with Crippen molar-refractivity contribution in [2.24, 2.45) is 0 Å². The molecule has 12 aromatic rings. The lowest BCUT2D eigenvalue weighted by molar-refractivity contribution is 0.669. The Hall–Kier alpha value is -7.56. The maximum absolute atomic E-state index is 6.60. The third-order valence-corrected chi connectivity index (χ3v) is 11.4. The Morgan fingerprint density at radius 1 is 0.357 bits per heavy atom. The average Bonchev–Trinajstić information content (AvgIpc) is 3.82. The number of para-hydroxylation sites is 2. The van der Waals surface area contributed by atoms with Crippen molar-refractivity contribution < 1.29 is 4.42 Å². The number of rotatable bonds is 5. The highest BCUT2D eigenvalue weighted by Gasteiger charge is 2.21. The Balaban J connectivity index is 1.09. The number of nitrogens with zero attached hydrogens (tertiary/aromatic N) is 3. The highest BCUT2D eigenvalue weighted by atomic mass is 16.3. The van der Waals surface area contributed by atoms with Gasteiger partial charge in [0.1, 0.15) is 17.0 Å². The van der Waals surface area contributed by atoms with E-state index >= 15 is 0 Å². The van der Waals surface area contributed by atoms with Crippen molar-refractivity contribution in [2.75, 3.05) is 0 Å². The quantitative estimate of drug-likeness (QED) is 0.167. The first kappa shape index (κ1) is 30.9. The number of aromatic nitrogens is 3. The lowest BCUT2D eigenvalue weighted by atomic mass is 9.88. The Kier molecular flexibility index (Phi) is 6.60. The van der Waals surface area contributed by atoms with Crippen molar-refractivity contribution in [3.63, 3.8) is 0 Å². The monoisotopic (exact) mass is 713 g/mol. The molecular formula is C52H31N3O. The predicted octanol–water partition coefficient (Wildman–Crippen LogP) is 13.9. The summed E-state index contributed by atoms with van der Waals surface area (Å²) in [4.78, 5) is 10.5. The van der Waals surface area contributed by atoms with Crippen LogP contribution in [0.3, 0.4) is 0 Å². The third kappa shape index (κ3) is 4.60. The van der Waals surface area contributed by atoms with E-state index in [2.05, 4.69) is 174 Å². The van der Waals surface area contributed by atoms with Crippen LogP contribution >= 0.6 is 0 Å². The van der Waals surface area contributed by atoms with Crippen LogP contribution in [0.2, 0.25) is 0 Å². The molecule has 0 saturated carbocycles. The summed E-state index contributed by atoms with van der Waals surface area (Å²) >= 11 is 0. The molecule has 9 aromatic carbocycles. The first-order valence-corrected chi connectivity index (χ1v) is 19.0. The third-order valence-electron chi connectivity index (χ3n) is 11.4. The van der Waals surface area contributed by atoms with Gasteiger partial charge in [-0.1, -0.05) is 146 Å². The standard InChI is InChI=1S/C52H31N3O/c1-3-14-32(15-4-1)36-29-42-40-23-12-22-37(49(40)41-24-13-27-46-50(41)51(42)47(30-36)56-46)34-18-11-19-35(28-34)43-31-48(54-52(53-43)33-16-5-2-6-17-33)55-44-25-9-7-20-38(44)39-21-8-10-26-45(39)55/h1-31H. The molecule has 12 rings (SSSR count). The van der Waals surface area contributed by atoms with E-state index in [1.165, 1.54) is 54.2 Å². The second kappa shape index (κ2) is 12.0. The number of benzene rings is 9. The van der Waals surface area contributed by atoms with Crippen LogP contribution in [0.4, 0.5) is 0 Å². The summed E-state index contributed by atoms with van der Waals surface area (Å²) in [7, 11) is 0. The number of furan rings is 1. The fourth-order valence-electron chi connectivity index (χ4n) is 8.90. The van der Waals surface area contributed by atoms with E-state index < -0.39 is 0 Å². The molecule has 0 bridgehead atoms. The Morgan fingerprint density at radius 2 is 0.964 bits per heavy atom. The molecule has 0 fully saturated rings.